The van der Waals surface area contributed by atoms with Gasteiger partial charge in [0.05, 0.1) is 9.26 Å². The molecule has 2 aliphatic carbocycles. The van der Waals surface area contributed by atoms with Crippen molar-refractivity contribution < 1.29 is 0 Å². The lowest BCUT2D eigenvalue weighted by atomic mass is 9.99. The third-order valence-corrected chi connectivity index (χ3v) is 5.69. The number of aromatic nitrogens is 2. The molecule has 2 fully saturated rings. The van der Waals surface area contributed by atoms with Crippen LogP contribution in [0.2, 0.25) is 5.15 Å². The van der Waals surface area contributed by atoms with Gasteiger partial charge in [-0.05, 0) is 48.3 Å². The Hall–Kier alpha value is 0.100. The minimum Gasteiger partial charge on any atom is -0.236 e. The molecule has 0 N–H and O–H groups in total. The van der Waals surface area contributed by atoms with Crippen molar-refractivity contribution in [2.45, 2.75) is 63.2 Å². The van der Waals surface area contributed by atoms with E-state index in [1.165, 1.54) is 57.1 Å². The number of hydrogen-bond donors (Lipinski definition) is 0. The van der Waals surface area contributed by atoms with Crippen LogP contribution in [0.15, 0.2) is 0 Å². The first-order chi connectivity index (χ1) is 8.75. The van der Waals surface area contributed by atoms with E-state index in [0.717, 1.165) is 9.39 Å². The molecule has 0 unspecified atom stereocenters. The lowest BCUT2D eigenvalue weighted by Crippen LogP contribution is -2.08. The fourth-order valence-corrected chi connectivity index (χ4v) is 3.67. The van der Waals surface area contributed by atoms with Crippen molar-refractivity contribution in [1.82, 2.24) is 9.97 Å². The van der Waals surface area contributed by atoms with E-state index in [1.807, 2.05) is 0 Å². The van der Waals surface area contributed by atoms with Crippen LogP contribution < -0.4 is 0 Å². The summed E-state index contributed by atoms with van der Waals surface area (Å²) < 4.78 is 1.08. The molecule has 0 amide bonds. The van der Waals surface area contributed by atoms with Gasteiger partial charge in [0.2, 0.25) is 0 Å². The van der Waals surface area contributed by atoms with Crippen LogP contribution >= 0.6 is 34.2 Å². The molecule has 2 nitrogen and oxygen atoms in total. The van der Waals surface area contributed by atoms with E-state index in [4.69, 9.17) is 16.6 Å². The molecule has 0 atom stereocenters. The molecule has 0 bridgehead atoms. The third-order valence-electron chi connectivity index (χ3n) is 4.04. The second-order valence-corrected chi connectivity index (χ2v) is 6.97. The van der Waals surface area contributed by atoms with Gasteiger partial charge in [-0.25, -0.2) is 9.97 Å². The van der Waals surface area contributed by atoms with Crippen LogP contribution in [-0.2, 0) is 0 Å². The first-order valence-electron chi connectivity index (χ1n) is 6.98. The van der Waals surface area contributed by atoms with E-state index in [0.29, 0.717) is 17.0 Å². The van der Waals surface area contributed by atoms with Crippen molar-refractivity contribution in [1.29, 1.82) is 0 Å². The van der Waals surface area contributed by atoms with E-state index in [-0.39, 0.29) is 0 Å². The van der Waals surface area contributed by atoms with Gasteiger partial charge in [0, 0.05) is 11.8 Å². The lowest BCUT2D eigenvalue weighted by Gasteiger charge is -2.15. The molecule has 2 saturated carbocycles. The zero-order valence-corrected chi connectivity index (χ0v) is 13.4. The number of nitrogens with zero attached hydrogens (tertiary/aromatic N) is 2. The fourth-order valence-electron chi connectivity index (χ4n) is 2.80. The van der Waals surface area contributed by atoms with Crippen LogP contribution in [0.3, 0.4) is 0 Å². The van der Waals surface area contributed by atoms with E-state index < -0.39 is 0 Å². The standard InChI is InChI=1S/C14H18ClIN2/c15-13-11(16)12(9-7-8-9)17-14(18-13)10-5-3-1-2-4-6-10/h9-10H,1-8H2. The molecule has 0 spiro atoms. The van der Waals surface area contributed by atoms with Crippen LogP contribution in [-0.4, -0.2) is 9.97 Å². The molecule has 4 heteroatoms. The van der Waals surface area contributed by atoms with Gasteiger partial charge in [-0.1, -0.05) is 37.3 Å². The van der Waals surface area contributed by atoms with Gasteiger partial charge < -0.3 is 0 Å². The highest BCUT2D eigenvalue weighted by Crippen LogP contribution is 2.43. The Kier molecular flexibility index (Phi) is 4.09. The predicted molar refractivity (Wildman–Crippen MR) is 82.2 cm³/mol. The maximum absolute atomic E-state index is 6.29. The maximum atomic E-state index is 6.29. The van der Waals surface area contributed by atoms with E-state index in [9.17, 15) is 0 Å². The average Bonchev–Trinajstić information content (AvgIpc) is 3.17. The van der Waals surface area contributed by atoms with Crippen molar-refractivity contribution >= 4 is 34.2 Å². The van der Waals surface area contributed by atoms with Crippen molar-refractivity contribution in [3.63, 3.8) is 0 Å². The molecule has 98 valence electrons. The van der Waals surface area contributed by atoms with E-state index in [1.54, 1.807) is 0 Å². The molecule has 1 aromatic rings. The van der Waals surface area contributed by atoms with Gasteiger partial charge in [0.15, 0.2) is 0 Å². The van der Waals surface area contributed by atoms with Crippen LogP contribution in [0.25, 0.3) is 0 Å². The van der Waals surface area contributed by atoms with Crippen molar-refractivity contribution in [3.8, 4) is 0 Å². The lowest BCUT2D eigenvalue weighted by molar-refractivity contribution is 0.556. The van der Waals surface area contributed by atoms with E-state index in [2.05, 4.69) is 27.6 Å². The number of halogens is 2. The summed E-state index contributed by atoms with van der Waals surface area (Å²) in [6, 6.07) is 0. The third kappa shape index (κ3) is 2.82. The van der Waals surface area contributed by atoms with Crippen molar-refractivity contribution in [3.05, 3.63) is 20.2 Å². The number of rotatable bonds is 2. The molecular formula is C14H18ClIN2. The molecule has 3 rings (SSSR count). The summed E-state index contributed by atoms with van der Waals surface area (Å²) in [6.45, 7) is 0. The van der Waals surface area contributed by atoms with E-state index >= 15 is 0 Å². The Morgan fingerprint density at radius 3 is 2.17 bits per heavy atom. The van der Waals surface area contributed by atoms with Crippen molar-refractivity contribution in [2.24, 2.45) is 0 Å². The molecule has 0 aromatic carbocycles. The molecule has 0 saturated heterocycles. The molecule has 0 aliphatic heterocycles. The van der Waals surface area contributed by atoms with Crippen LogP contribution in [0.1, 0.15) is 74.7 Å². The topological polar surface area (TPSA) is 25.8 Å². The Morgan fingerprint density at radius 2 is 1.56 bits per heavy atom. The summed E-state index contributed by atoms with van der Waals surface area (Å²) in [5.41, 5.74) is 1.22. The highest BCUT2D eigenvalue weighted by Gasteiger charge is 2.30. The monoisotopic (exact) mass is 376 g/mol. The molecule has 18 heavy (non-hydrogen) atoms. The molecule has 1 heterocycles. The minimum absolute atomic E-state index is 0.541. The largest absolute Gasteiger partial charge is 0.236 e. The summed E-state index contributed by atoms with van der Waals surface area (Å²) in [4.78, 5) is 9.41. The maximum Gasteiger partial charge on any atom is 0.146 e. The highest BCUT2D eigenvalue weighted by molar-refractivity contribution is 14.1. The quantitative estimate of drug-likeness (QED) is 0.410. The zero-order valence-electron chi connectivity index (χ0n) is 10.5. The highest BCUT2D eigenvalue weighted by atomic mass is 127. The van der Waals surface area contributed by atoms with Crippen LogP contribution in [0.5, 0.6) is 0 Å². The first kappa shape index (κ1) is 13.1. The van der Waals surface area contributed by atoms with Gasteiger partial charge in [0.25, 0.3) is 0 Å². The van der Waals surface area contributed by atoms with Gasteiger partial charge in [-0.15, -0.1) is 0 Å². The zero-order chi connectivity index (χ0) is 12.5. The smallest absolute Gasteiger partial charge is 0.146 e. The Balaban J connectivity index is 1.90. The van der Waals surface area contributed by atoms with Crippen LogP contribution in [0.4, 0.5) is 0 Å². The minimum atomic E-state index is 0.541. The summed E-state index contributed by atoms with van der Waals surface area (Å²) >= 11 is 8.59. The molecule has 0 radical (unpaired) electrons. The second kappa shape index (κ2) is 5.61. The Bertz CT molecular complexity index is 438. The van der Waals surface area contributed by atoms with Gasteiger partial charge >= 0.3 is 0 Å². The molecule has 2 aliphatic rings. The average molecular weight is 377 g/mol. The summed E-state index contributed by atoms with van der Waals surface area (Å²) in [6.07, 6.45) is 10.4. The summed E-state index contributed by atoms with van der Waals surface area (Å²) in [5.74, 6) is 2.21. The predicted octanol–water partition coefficient (Wildman–Crippen LogP) is 5.05. The van der Waals surface area contributed by atoms with Gasteiger partial charge in [-0.2, -0.15) is 0 Å². The number of hydrogen-bond acceptors (Lipinski definition) is 2. The van der Waals surface area contributed by atoms with Crippen molar-refractivity contribution in [2.75, 3.05) is 0 Å². The normalized spacial score (nSPS) is 21.9. The molecule has 1 aromatic heterocycles. The molecular weight excluding hydrogens is 359 g/mol. The van der Waals surface area contributed by atoms with Gasteiger partial charge in [0.1, 0.15) is 11.0 Å². The summed E-state index contributed by atoms with van der Waals surface area (Å²) in [5, 5.41) is 0.673. The van der Waals surface area contributed by atoms with Crippen LogP contribution in [0, 0.1) is 3.57 Å². The Morgan fingerprint density at radius 1 is 0.889 bits per heavy atom. The fraction of sp³-hybridized carbons (Fsp3) is 0.714. The summed E-state index contributed by atoms with van der Waals surface area (Å²) in [7, 11) is 0. The van der Waals surface area contributed by atoms with Gasteiger partial charge in [-0.3, -0.25) is 0 Å². The first-order valence-corrected chi connectivity index (χ1v) is 8.44. The SMILES string of the molecule is Clc1nc(C2CCCCCC2)nc(C2CC2)c1I. The Labute approximate surface area is 127 Å². The second-order valence-electron chi connectivity index (χ2n) is 5.53.